The standard InChI is InChI=1S/C23H20FN3O2S/c1-13-8-21(15(3)27(13)19-7-5-6-18(24)10-19)22(29)12-30-23-17(11-25)9-20(16(4)28)14(2)26-23/h5-10H,12H2,1-4H3. The number of benzene rings is 1. The smallest absolute Gasteiger partial charge is 0.174 e. The van der Waals surface area contributed by atoms with E-state index in [1.54, 1.807) is 25.1 Å². The van der Waals surface area contributed by atoms with Crippen LogP contribution in [0.15, 0.2) is 41.4 Å². The lowest BCUT2D eigenvalue weighted by molar-refractivity contribution is 0.101. The SMILES string of the molecule is CC(=O)c1cc(C#N)c(SCC(=O)c2cc(C)n(-c3cccc(F)c3)c2C)nc1C. The van der Waals surface area contributed by atoms with E-state index in [2.05, 4.69) is 4.98 Å². The number of aromatic nitrogens is 2. The van der Waals surface area contributed by atoms with Gasteiger partial charge in [0.25, 0.3) is 0 Å². The lowest BCUT2D eigenvalue weighted by Gasteiger charge is -2.10. The fraction of sp³-hybridized carbons (Fsp3) is 0.217. The molecule has 0 amide bonds. The second-order valence-electron chi connectivity index (χ2n) is 6.95. The maximum Gasteiger partial charge on any atom is 0.174 e. The number of thioether (sulfide) groups is 1. The summed E-state index contributed by atoms with van der Waals surface area (Å²) >= 11 is 1.17. The Morgan fingerprint density at radius 3 is 2.53 bits per heavy atom. The van der Waals surface area contributed by atoms with Crippen LogP contribution in [0.4, 0.5) is 4.39 Å². The molecule has 0 aliphatic heterocycles. The van der Waals surface area contributed by atoms with Gasteiger partial charge >= 0.3 is 0 Å². The first-order valence-corrected chi connectivity index (χ1v) is 10.2. The van der Waals surface area contributed by atoms with Crippen molar-refractivity contribution >= 4 is 23.3 Å². The Bertz CT molecular complexity index is 1210. The van der Waals surface area contributed by atoms with Crippen LogP contribution in [0.5, 0.6) is 0 Å². The van der Waals surface area contributed by atoms with Crippen LogP contribution in [0.3, 0.4) is 0 Å². The molecule has 0 N–H and O–H groups in total. The summed E-state index contributed by atoms with van der Waals surface area (Å²) in [6.45, 7) is 6.81. The summed E-state index contributed by atoms with van der Waals surface area (Å²) in [5.41, 5.74) is 3.94. The summed E-state index contributed by atoms with van der Waals surface area (Å²) in [6.07, 6.45) is 0. The molecule has 0 saturated carbocycles. The predicted octanol–water partition coefficient (Wildman–Crippen LogP) is 4.99. The van der Waals surface area contributed by atoms with Crippen molar-refractivity contribution in [1.29, 1.82) is 5.26 Å². The van der Waals surface area contributed by atoms with Gasteiger partial charge in [0.05, 0.1) is 11.3 Å². The number of nitriles is 1. The van der Waals surface area contributed by atoms with E-state index in [1.807, 2.05) is 24.5 Å². The topological polar surface area (TPSA) is 75.8 Å². The van der Waals surface area contributed by atoms with Gasteiger partial charge in [0.1, 0.15) is 16.9 Å². The first-order valence-electron chi connectivity index (χ1n) is 9.26. The zero-order valence-electron chi connectivity index (χ0n) is 17.1. The fourth-order valence-corrected chi connectivity index (χ4v) is 4.28. The van der Waals surface area contributed by atoms with Crippen LogP contribution in [-0.2, 0) is 0 Å². The predicted molar refractivity (Wildman–Crippen MR) is 114 cm³/mol. The van der Waals surface area contributed by atoms with Crippen LogP contribution in [0, 0.1) is 37.9 Å². The highest BCUT2D eigenvalue weighted by atomic mass is 32.2. The molecule has 2 aromatic heterocycles. The van der Waals surface area contributed by atoms with Crippen LogP contribution in [0.2, 0.25) is 0 Å². The Balaban J connectivity index is 1.86. The van der Waals surface area contributed by atoms with Crippen molar-refractivity contribution in [3.63, 3.8) is 0 Å². The number of pyridine rings is 1. The highest BCUT2D eigenvalue weighted by Gasteiger charge is 2.19. The number of carbonyl (C=O) groups is 2. The third-order valence-electron chi connectivity index (χ3n) is 4.82. The van der Waals surface area contributed by atoms with Crippen molar-refractivity contribution in [1.82, 2.24) is 9.55 Å². The largest absolute Gasteiger partial charge is 0.318 e. The summed E-state index contributed by atoms with van der Waals surface area (Å²) in [7, 11) is 0. The number of halogens is 1. The minimum Gasteiger partial charge on any atom is -0.318 e. The summed E-state index contributed by atoms with van der Waals surface area (Å²) in [5, 5.41) is 9.82. The lowest BCUT2D eigenvalue weighted by atomic mass is 10.1. The number of hydrogen-bond donors (Lipinski definition) is 0. The number of nitrogens with zero attached hydrogens (tertiary/aromatic N) is 3. The number of Topliss-reactive ketones (excluding diaryl/α,β-unsaturated/α-hetero) is 2. The van der Waals surface area contributed by atoms with Gasteiger partial charge in [0.2, 0.25) is 0 Å². The summed E-state index contributed by atoms with van der Waals surface area (Å²) < 4.78 is 15.5. The molecule has 0 radical (unpaired) electrons. The van der Waals surface area contributed by atoms with E-state index >= 15 is 0 Å². The average molecular weight is 421 g/mol. The van der Waals surface area contributed by atoms with Gasteiger partial charge in [-0.3, -0.25) is 9.59 Å². The zero-order chi connectivity index (χ0) is 22.0. The molecule has 0 spiro atoms. The van der Waals surface area contributed by atoms with Crippen molar-refractivity contribution in [2.24, 2.45) is 0 Å². The first-order chi connectivity index (χ1) is 14.2. The average Bonchev–Trinajstić information content (AvgIpc) is 3.00. The van der Waals surface area contributed by atoms with Gasteiger partial charge in [-0.05, 0) is 58.0 Å². The van der Waals surface area contributed by atoms with E-state index in [9.17, 15) is 19.2 Å². The van der Waals surface area contributed by atoms with Crippen LogP contribution in [0.1, 0.15) is 50.3 Å². The quantitative estimate of drug-likeness (QED) is 0.414. The number of hydrogen-bond acceptors (Lipinski definition) is 5. The van der Waals surface area contributed by atoms with Gasteiger partial charge < -0.3 is 4.57 Å². The van der Waals surface area contributed by atoms with Gasteiger partial charge in [0.15, 0.2) is 11.6 Å². The van der Waals surface area contributed by atoms with Gasteiger partial charge in [-0.15, -0.1) is 0 Å². The molecule has 0 aliphatic carbocycles. The van der Waals surface area contributed by atoms with E-state index in [4.69, 9.17) is 0 Å². The third kappa shape index (κ3) is 4.19. The molecule has 0 unspecified atom stereocenters. The maximum absolute atomic E-state index is 13.6. The lowest BCUT2D eigenvalue weighted by Crippen LogP contribution is -2.07. The van der Waals surface area contributed by atoms with Crippen molar-refractivity contribution in [2.45, 2.75) is 32.7 Å². The normalized spacial score (nSPS) is 10.7. The van der Waals surface area contributed by atoms with Crippen molar-refractivity contribution in [3.8, 4) is 11.8 Å². The molecule has 7 heteroatoms. The van der Waals surface area contributed by atoms with Crippen LogP contribution in [0.25, 0.3) is 5.69 Å². The first kappa shape index (κ1) is 21.5. The summed E-state index contributed by atoms with van der Waals surface area (Å²) in [4.78, 5) is 28.9. The number of rotatable bonds is 6. The third-order valence-corrected chi connectivity index (χ3v) is 5.81. The van der Waals surface area contributed by atoms with Crippen LogP contribution < -0.4 is 0 Å². The molecule has 0 aliphatic rings. The van der Waals surface area contributed by atoms with E-state index in [1.165, 1.54) is 36.9 Å². The molecular weight excluding hydrogens is 401 g/mol. The van der Waals surface area contributed by atoms with Gasteiger partial charge in [-0.1, -0.05) is 17.8 Å². The minimum atomic E-state index is -0.345. The Morgan fingerprint density at radius 1 is 1.17 bits per heavy atom. The molecule has 0 bridgehead atoms. The number of carbonyl (C=O) groups excluding carboxylic acids is 2. The van der Waals surface area contributed by atoms with Crippen molar-refractivity contribution in [2.75, 3.05) is 5.75 Å². The fourth-order valence-electron chi connectivity index (χ4n) is 3.40. The Morgan fingerprint density at radius 2 is 1.90 bits per heavy atom. The second-order valence-corrected chi connectivity index (χ2v) is 7.92. The molecule has 152 valence electrons. The monoisotopic (exact) mass is 421 g/mol. The molecular formula is C23H20FN3O2S. The molecule has 3 rings (SSSR count). The van der Waals surface area contributed by atoms with Crippen LogP contribution in [-0.4, -0.2) is 26.9 Å². The molecule has 0 fully saturated rings. The zero-order valence-corrected chi connectivity index (χ0v) is 17.9. The Labute approximate surface area is 178 Å². The molecule has 3 aromatic rings. The highest BCUT2D eigenvalue weighted by molar-refractivity contribution is 8.00. The highest BCUT2D eigenvalue weighted by Crippen LogP contribution is 2.26. The van der Waals surface area contributed by atoms with Gasteiger partial charge in [-0.25, -0.2) is 9.37 Å². The van der Waals surface area contributed by atoms with Crippen molar-refractivity contribution in [3.05, 3.63) is 76.0 Å². The van der Waals surface area contributed by atoms with Gasteiger partial charge in [-0.2, -0.15) is 5.26 Å². The van der Waals surface area contributed by atoms with E-state index < -0.39 is 0 Å². The molecule has 1 aromatic carbocycles. The van der Waals surface area contributed by atoms with Crippen LogP contribution >= 0.6 is 11.8 Å². The summed E-state index contributed by atoms with van der Waals surface area (Å²) in [6, 6.07) is 11.6. The molecule has 30 heavy (non-hydrogen) atoms. The molecule has 0 saturated heterocycles. The minimum absolute atomic E-state index is 0.0913. The number of aryl methyl sites for hydroxylation is 2. The maximum atomic E-state index is 13.6. The number of ketones is 2. The van der Waals surface area contributed by atoms with Crippen molar-refractivity contribution < 1.29 is 14.0 Å². The second kappa shape index (κ2) is 8.64. The van der Waals surface area contributed by atoms with E-state index in [-0.39, 0.29) is 28.7 Å². The molecule has 5 nitrogen and oxygen atoms in total. The summed E-state index contributed by atoms with van der Waals surface area (Å²) in [5.74, 6) is -0.528. The molecule has 0 atom stereocenters. The van der Waals surface area contributed by atoms with E-state index in [0.29, 0.717) is 27.5 Å². The molecule has 2 heterocycles. The van der Waals surface area contributed by atoms with E-state index in [0.717, 1.165) is 11.4 Å². The Hall–Kier alpha value is -3.24. The Kier molecular flexibility index (Phi) is 6.18. The van der Waals surface area contributed by atoms with Gasteiger partial charge in [0, 0.05) is 33.9 Å².